The Hall–Kier alpha value is -3.70. The molecule has 0 saturated heterocycles. The van der Waals surface area contributed by atoms with Gasteiger partial charge in [0, 0.05) is 4.47 Å². The van der Waals surface area contributed by atoms with Gasteiger partial charge in [0.1, 0.15) is 6.54 Å². The van der Waals surface area contributed by atoms with Crippen LogP contribution in [0.25, 0.3) is 0 Å². The number of sulfonamides is 1. The standard InChI is InChI=1S/C24H21BrN2O7S/c1-33-23(29)16-11-12-20(24(30)34-2)21(13-16)26-22(28)15-27(18-8-6-7-17(25)14-18)35(31,32)19-9-4-3-5-10-19/h3-14H,15H2,1-2H3,(H,26,28). The first-order valence-electron chi connectivity index (χ1n) is 10.1. The monoisotopic (exact) mass is 560 g/mol. The normalized spacial score (nSPS) is 10.8. The van der Waals surface area contributed by atoms with Gasteiger partial charge in [0.25, 0.3) is 10.0 Å². The lowest BCUT2D eigenvalue weighted by Gasteiger charge is -2.24. The second-order valence-electron chi connectivity index (χ2n) is 7.10. The van der Waals surface area contributed by atoms with Crippen molar-refractivity contribution in [1.29, 1.82) is 0 Å². The molecule has 9 nitrogen and oxygen atoms in total. The number of anilines is 2. The molecular formula is C24H21BrN2O7S. The molecule has 0 aliphatic rings. The lowest BCUT2D eigenvalue weighted by Crippen LogP contribution is -2.38. The summed E-state index contributed by atoms with van der Waals surface area (Å²) >= 11 is 3.32. The molecule has 182 valence electrons. The van der Waals surface area contributed by atoms with Crippen LogP contribution in [0.1, 0.15) is 20.7 Å². The van der Waals surface area contributed by atoms with Gasteiger partial charge in [-0.25, -0.2) is 18.0 Å². The highest BCUT2D eigenvalue weighted by Gasteiger charge is 2.28. The van der Waals surface area contributed by atoms with Crippen molar-refractivity contribution in [2.45, 2.75) is 4.90 Å². The number of esters is 2. The number of nitrogens with one attached hydrogen (secondary N) is 1. The van der Waals surface area contributed by atoms with E-state index in [1.54, 1.807) is 42.5 Å². The lowest BCUT2D eigenvalue weighted by molar-refractivity contribution is -0.114. The Morgan fingerprint density at radius 1 is 0.886 bits per heavy atom. The number of carbonyl (C=O) groups is 3. The summed E-state index contributed by atoms with van der Waals surface area (Å²) in [7, 11) is -1.77. The van der Waals surface area contributed by atoms with Crippen LogP contribution < -0.4 is 9.62 Å². The Balaban J connectivity index is 2.00. The van der Waals surface area contributed by atoms with Crippen LogP contribution in [-0.2, 0) is 24.3 Å². The molecule has 0 saturated carbocycles. The van der Waals surface area contributed by atoms with E-state index in [1.807, 2.05) is 0 Å². The van der Waals surface area contributed by atoms with Crippen molar-refractivity contribution in [1.82, 2.24) is 0 Å². The molecule has 0 heterocycles. The summed E-state index contributed by atoms with van der Waals surface area (Å²) in [6.07, 6.45) is 0. The average Bonchev–Trinajstić information content (AvgIpc) is 2.86. The Morgan fingerprint density at radius 2 is 1.57 bits per heavy atom. The highest BCUT2D eigenvalue weighted by molar-refractivity contribution is 9.10. The molecule has 0 aliphatic heterocycles. The predicted octanol–water partition coefficient (Wildman–Crippen LogP) is 3.86. The van der Waals surface area contributed by atoms with Gasteiger partial charge >= 0.3 is 11.9 Å². The molecule has 0 radical (unpaired) electrons. The van der Waals surface area contributed by atoms with Crippen molar-refractivity contribution < 1.29 is 32.3 Å². The largest absolute Gasteiger partial charge is 0.465 e. The molecule has 1 amide bonds. The van der Waals surface area contributed by atoms with E-state index in [2.05, 4.69) is 21.2 Å². The summed E-state index contributed by atoms with van der Waals surface area (Å²) < 4.78 is 37.9. The van der Waals surface area contributed by atoms with E-state index < -0.39 is 34.4 Å². The Kier molecular flexibility index (Phi) is 8.26. The maximum atomic E-state index is 13.4. The first-order valence-corrected chi connectivity index (χ1v) is 12.3. The molecule has 3 aromatic carbocycles. The van der Waals surface area contributed by atoms with Crippen LogP contribution in [0.3, 0.4) is 0 Å². The highest BCUT2D eigenvalue weighted by atomic mass is 79.9. The van der Waals surface area contributed by atoms with Crippen molar-refractivity contribution in [3.63, 3.8) is 0 Å². The summed E-state index contributed by atoms with van der Waals surface area (Å²) in [6.45, 7) is -0.614. The molecule has 0 fully saturated rings. The third-order valence-electron chi connectivity index (χ3n) is 4.83. The van der Waals surface area contributed by atoms with Crippen molar-refractivity contribution in [3.8, 4) is 0 Å². The maximum absolute atomic E-state index is 13.4. The van der Waals surface area contributed by atoms with Crippen molar-refractivity contribution in [2.24, 2.45) is 0 Å². The minimum absolute atomic E-state index is 0.00397. The number of ether oxygens (including phenoxy) is 2. The highest BCUT2D eigenvalue weighted by Crippen LogP contribution is 2.27. The van der Waals surface area contributed by atoms with E-state index in [1.165, 1.54) is 44.6 Å². The summed E-state index contributed by atoms with van der Waals surface area (Å²) in [5.41, 5.74) is 0.274. The molecule has 0 spiro atoms. The van der Waals surface area contributed by atoms with E-state index in [-0.39, 0.29) is 27.4 Å². The van der Waals surface area contributed by atoms with Crippen LogP contribution in [0.4, 0.5) is 11.4 Å². The van der Waals surface area contributed by atoms with Gasteiger partial charge in [-0.1, -0.05) is 40.2 Å². The number of carbonyl (C=O) groups excluding carboxylic acids is 3. The fourth-order valence-corrected chi connectivity index (χ4v) is 4.99. The second-order valence-corrected chi connectivity index (χ2v) is 9.87. The SMILES string of the molecule is COC(=O)c1ccc(C(=O)OC)c(NC(=O)CN(c2cccc(Br)c2)S(=O)(=O)c2ccccc2)c1. The Morgan fingerprint density at radius 3 is 2.20 bits per heavy atom. The smallest absolute Gasteiger partial charge is 0.339 e. The van der Waals surface area contributed by atoms with Gasteiger partial charge < -0.3 is 14.8 Å². The van der Waals surface area contributed by atoms with Gasteiger partial charge in [-0.05, 0) is 48.5 Å². The molecular weight excluding hydrogens is 540 g/mol. The van der Waals surface area contributed by atoms with Gasteiger partial charge in [0.15, 0.2) is 0 Å². The van der Waals surface area contributed by atoms with Crippen LogP contribution in [0.5, 0.6) is 0 Å². The number of methoxy groups -OCH3 is 2. The molecule has 1 N–H and O–H groups in total. The zero-order chi connectivity index (χ0) is 25.6. The molecule has 35 heavy (non-hydrogen) atoms. The van der Waals surface area contributed by atoms with E-state index in [4.69, 9.17) is 9.47 Å². The first kappa shape index (κ1) is 25.9. The minimum atomic E-state index is -4.13. The van der Waals surface area contributed by atoms with Gasteiger partial charge in [0.05, 0.1) is 41.6 Å². The quantitative estimate of drug-likeness (QED) is 0.415. The zero-order valence-corrected chi connectivity index (χ0v) is 21.1. The Bertz CT molecular complexity index is 1360. The van der Waals surface area contributed by atoms with Gasteiger partial charge in [0.2, 0.25) is 5.91 Å². The van der Waals surface area contributed by atoms with Gasteiger partial charge in [-0.3, -0.25) is 9.10 Å². The van der Waals surface area contributed by atoms with Crippen LogP contribution in [-0.4, -0.2) is 47.0 Å². The number of rotatable bonds is 8. The molecule has 0 atom stereocenters. The summed E-state index contributed by atoms with van der Waals surface area (Å²) in [6, 6.07) is 18.1. The van der Waals surface area contributed by atoms with E-state index in [0.717, 1.165) is 4.31 Å². The number of halogens is 1. The third-order valence-corrected chi connectivity index (χ3v) is 7.12. The van der Waals surface area contributed by atoms with Crippen molar-refractivity contribution in [2.75, 3.05) is 30.4 Å². The predicted molar refractivity (Wildman–Crippen MR) is 133 cm³/mol. The number of benzene rings is 3. The van der Waals surface area contributed by atoms with Crippen molar-refractivity contribution >= 4 is 55.2 Å². The summed E-state index contributed by atoms with van der Waals surface area (Å²) in [5.74, 6) is -2.19. The molecule has 11 heteroatoms. The third kappa shape index (κ3) is 6.06. The average molecular weight is 561 g/mol. The first-order chi connectivity index (χ1) is 16.7. The Labute approximate surface area is 210 Å². The second kappa shape index (κ2) is 11.2. The molecule has 0 bridgehead atoms. The number of hydrogen-bond donors (Lipinski definition) is 1. The van der Waals surface area contributed by atoms with E-state index in [9.17, 15) is 22.8 Å². The molecule has 0 aromatic heterocycles. The van der Waals surface area contributed by atoms with Gasteiger partial charge in [-0.15, -0.1) is 0 Å². The molecule has 0 unspecified atom stereocenters. The van der Waals surface area contributed by atoms with Crippen LogP contribution in [0.2, 0.25) is 0 Å². The number of hydrogen-bond acceptors (Lipinski definition) is 7. The van der Waals surface area contributed by atoms with E-state index >= 15 is 0 Å². The topological polar surface area (TPSA) is 119 Å². The fraction of sp³-hybridized carbons (Fsp3) is 0.125. The fourth-order valence-electron chi connectivity index (χ4n) is 3.17. The number of nitrogens with zero attached hydrogens (tertiary/aromatic N) is 1. The summed E-state index contributed by atoms with van der Waals surface area (Å²) in [5, 5.41) is 2.52. The van der Waals surface area contributed by atoms with Crippen LogP contribution >= 0.6 is 15.9 Å². The zero-order valence-electron chi connectivity index (χ0n) is 18.7. The minimum Gasteiger partial charge on any atom is -0.465 e. The van der Waals surface area contributed by atoms with Gasteiger partial charge in [-0.2, -0.15) is 0 Å². The molecule has 3 aromatic rings. The number of amides is 1. The summed E-state index contributed by atoms with van der Waals surface area (Å²) in [4.78, 5) is 37.2. The van der Waals surface area contributed by atoms with Crippen molar-refractivity contribution in [3.05, 3.63) is 88.4 Å². The van der Waals surface area contributed by atoms with Crippen LogP contribution in [0.15, 0.2) is 82.2 Å². The molecule has 0 aliphatic carbocycles. The lowest BCUT2D eigenvalue weighted by atomic mass is 10.1. The molecule has 3 rings (SSSR count). The maximum Gasteiger partial charge on any atom is 0.339 e. The van der Waals surface area contributed by atoms with E-state index in [0.29, 0.717) is 4.47 Å². The van der Waals surface area contributed by atoms with Crippen LogP contribution in [0, 0.1) is 0 Å².